The lowest BCUT2D eigenvalue weighted by molar-refractivity contribution is -0.123. The molecule has 1 aromatic heterocycles. The second-order valence-corrected chi connectivity index (χ2v) is 8.08. The molecule has 0 bridgehead atoms. The Balaban J connectivity index is 1.78. The number of carbonyl (C=O) groups is 2. The molecule has 2 amide bonds. The average molecular weight is 437 g/mol. The van der Waals surface area contributed by atoms with Crippen molar-refractivity contribution in [2.24, 2.45) is 0 Å². The van der Waals surface area contributed by atoms with E-state index in [0.717, 1.165) is 37.2 Å². The summed E-state index contributed by atoms with van der Waals surface area (Å²) in [6, 6.07) is 15.7. The molecular formula is C23H24N4O3S. The van der Waals surface area contributed by atoms with Gasteiger partial charge in [-0.3, -0.25) is 14.5 Å². The zero-order valence-corrected chi connectivity index (χ0v) is 18.0. The Morgan fingerprint density at radius 3 is 2.42 bits per heavy atom. The van der Waals surface area contributed by atoms with E-state index in [-0.39, 0.29) is 23.6 Å². The van der Waals surface area contributed by atoms with E-state index in [1.165, 1.54) is 4.90 Å². The van der Waals surface area contributed by atoms with Gasteiger partial charge in [0.15, 0.2) is 5.69 Å². The Hall–Kier alpha value is -3.26. The number of aromatic nitrogens is 2. The number of amides is 2. The van der Waals surface area contributed by atoms with Crippen LogP contribution in [0, 0.1) is 0 Å². The van der Waals surface area contributed by atoms with E-state index >= 15 is 0 Å². The van der Waals surface area contributed by atoms with Crippen LogP contribution in [0.5, 0.6) is 5.75 Å². The maximum atomic E-state index is 13.6. The standard InChI is InChI=1S/C23H24N4O3S/c1-30-19-13-11-16(12-14-19)21(22(28)24-17-7-5-6-8-17)27(18-9-3-2-4-10-18)23(29)20-15-31-26-25-20/h2-4,9-15,17,21H,5-8H2,1H3,(H,24,28)/t21-/m1/s1. The number of rotatable bonds is 7. The smallest absolute Gasteiger partial charge is 0.280 e. The predicted octanol–water partition coefficient (Wildman–Crippen LogP) is 3.99. The number of anilines is 1. The highest BCUT2D eigenvalue weighted by atomic mass is 32.1. The molecule has 1 aliphatic carbocycles. The van der Waals surface area contributed by atoms with Gasteiger partial charge in [0, 0.05) is 17.1 Å². The van der Waals surface area contributed by atoms with Gasteiger partial charge in [-0.15, -0.1) is 5.10 Å². The molecule has 0 aliphatic heterocycles. The van der Waals surface area contributed by atoms with Gasteiger partial charge in [0.1, 0.15) is 11.8 Å². The van der Waals surface area contributed by atoms with Crippen LogP contribution in [0.3, 0.4) is 0 Å². The molecule has 1 atom stereocenters. The molecule has 8 heteroatoms. The zero-order chi connectivity index (χ0) is 21.6. The lowest BCUT2D eigenvalue weighted by atomic mass is 10.0. The maximum Gasteiger partial charge on any atom is 0.280 e. The SMILES string of the molecule is COc1ccc([C@H](C(=O)NC2CCCC2)N(C(=O)c2csnn2)c2ccccc2)cc1. The third kappa shape index (κ3) is 4.74. The number of methoxy groups -OCH3 is 1. The minimum atomic E-state index is -0.858. The first-order valence-corrected chi connectivity index (χ1v) is 11.1. The molecule has 3 aromatic rings. The number of ether oxygens (including phenoxy) is 1. The van der Waals surface area contributed by atoms with E-state index in [0.29, 0.717) is 17.0 Å². The van der Waals surface area contributed by atoms with Crippen molar-refractivity contribution in [2.45, 2.75) is 37.8 Å². The fourth-order valence-corrected chi connectivity index (χ4v) is 4.34. The number of carbonyl (C=O) groups excluding carboxylic acids is 2. The Morgan fingerprint density at radius 1 is 1.10 bits per heavy atom. The highest BCUT2D eigenvalue weighted by Crippen LogP contribution is 2.31. The molecule has 4 rings (SSSR count). The van der Waals surface area contributed by atoms with E-state index in [1.807, 2.05) is 42.5 Å². The van der Waals surface area contributed by atoms with Crippen molar-refractivity contribution in [3.63, 3.8) is 0 Å². The summed E-state index contributed by atoms with van der Waals surface area (Å²) < 4.78 is 9.10. The molecule has 0 saturated heterocycles. The predicted molar refractivity (Wildman–Crippen MR) is 119 cm³/mol. The zero-order valence-electron chi connectivity index (χ0n) is 17.2. The van der Waals surface area contributed by atoms with Crippen molar-refractivity contribution >= 4 is 29.0 Å². The summed E-state index contributed by atoms with van der Waals surface area (Å²) in [5, 5.41) is 8.71. The first-order chi connectivity index (χ1) is 15.2. The Morgan fingerprint density at radius 2 is 1.81 bits per heavy atom. The van der Waals surface area contributed by atoms with Crippen molar-refractivity contribution in [3.8, 4) is 5.75 Å². The van der Waals surface area contributed by atoms with E-state index < -0.39 is 6.04 Å². The molecule has 1 heterocycles. The molecule has 1 fully saturated rings. The number of benzene rings is 2. The van der Waals surface area contributed by atoms with Gasteiger partial charge in [-0.25, -0.2) is 0 Å². The molecule has 1 saturated carbocycles. The van der Waals surface area contributed by atoms with Gasteiger partial charge < -0.3 is 10.1 Å². The minimum Gasteiger partial charge on any atom is -0.497 e. The first-order valence-electron chi connectivity index (χ1n) is 10.3. The van der Waals surface area contributed by atoms with Crippen molar-refractivity contribution in [3.05, 3.63) is 71.2 Å². The normalized spacial score (nSPS) is 14.7. The summed E-state index contributed by atoms with van der Waals surface area (Å²) in [5.74, 6) is 0.0970. The Labute approximate surface area is 185 Å². The van der Waals surface area contributed by atoms with Crippen LogP contribution >= 0.6 is 11.5 Å². The van der Waals surface area contributed by atoms with Gasteiger partial charge in [0.05, 0.1) is 7.11 Å². The first kappa shape index (κ1) is 21.0. The number of para-hydroxylation sites is 1. The van der Waals surface area contributed by atoms with Crippen molar-refractivity contribution in [1.82, 2.24) is 14.9 Å². The number of nitrogens with one attached hydrogen (secondary N) is 1. The number of nitrogens with zero attached hydrogens (tertiary/aromatic N) is 3. The number of hydrogen-bond donors (Lipinski definition) is 1. The fourth-order valence-electron chi connectivity index (χ4n) is 3.91. The second-order valence-electron chi connectivity index (χ2n) is 7.47. The van der Waals surface area contributed by atoms with Gasteiger partial charge in [0.25, 0.3) is 5.91 Å². The van der Waals surface area contributed by atoms with Crippen LogP contribution < -0.4 is 15.0 Å². The summed E-state index contributed by atoms with van der Waals surface area (Å²) in [5.41, 5.74) is 1.51. The average Bonchev–Trinajstić information content (AvgIpc) is 3.52. The molecule has 0 radical (unpaired) electrons. The van der Waals surface area contributed by atoms with Crippen LogP contribution in [0.25, 0.3) is 0 Å². The summed E-state index contributed by atoms with van der Waals surface area (Å²) in [6.45, 7) is 0. The molecule has 1 aliphatic rings. The minimum absolute atomic E-state index is 0.127. The quantitative estimate of drug-likeness (QED) is 0.605. The van der Waals surface area contributed by atoms with E-state index in [9.17, 15) is 9.59 Å². The lowest BCUT2D eigenvalue weighted by Crippen LogP contribution is -2.46. The third-order valence-corrected chi connectivity index (χ3v) is 5.98. The number of hydrogen-bond acceptors (Lipinski definition) is 6. The highest BCUT2D eigenvalue weighted by molar-refractivity contribution is 7.03. The van der Waals surface area contributed by atoms with Crippen LogP contribution in [-0.4, -0.2) is 34.6 Å². The monoisotopic (exact) mass is 436 g/mol. The van der Waals surface area contributed by atoms with Gasteiger partial charge in [0.2, 0.25) is 5.91 Å². The maximum absolute atomic E-state index is 13.6. The van der Waals surface area contributed by atoms with Crippen LogP contribution in [0.1, 0.15) is 47.8 Å². The molecule has 0 unspecified atom stereocenters. The van der Waals surface area contributed by atoms with E-state index in [1.54, 1.807) is 24.6 Å². The third-order valence-electron chi connectivity index (χ3n) is 5.47. The topological polar surface area (TPSA) is 84.4 Å². The van der Waals surface area contributed by atoms with Gasteiger partial charge in [-0.2, -0.15) is 0 Å². The van der Waals surface area contributed by atoms with Crippen molar-refractivity contribution in [2.75, 3.05) is 12.0 Å². The Bertz CT molecular complexity index is 1000. The van der Waals surface area contributed by atoms with Crippen molar-refractivity contribution in [1.29, 1.82) is 0 Å². The largest absolute Gasteiger partial charge is 0.497 e. The summed E-state index contributed by atoms with van der Waals surface area (Å²) >= 11 is 1.10. The van der Waals surface area contributed by atoms with Crippen LogP contribution in [-0.2, 0) is 4.79 Å². The molecular weight excluding hydrogens is 412 g/mol. The van der Waals surface area contributed by atoms with Crippen LogP contribution in [0.15, 0.2) is 60.0 Å². The Kier molecular flexibility index (Phi) is 6.57. The summed E-state index contributed by atoms with van der Waals surface area (Å²) in [4.78, 5) is 28.6. The lowest BCUT2D eigenvalue weighted by Gasteiger charge is -2.32. The molecule has 160 valence electrons. The summed E-state index contributed by atoms with van der Waals surface area (Å²) in [7, 11) is 1.59. The van der Waals surface area contributed by atoms with Gasteiger partial charge in [-0.1, -0.05) is 47.7 Å². The van der Waals surface area contributed by atoms with Gasteiger partial charge in [-0.05, 0) is 54.2 Å². The van der Waals surface area contributed by atoms with Crippen LogP contribution in [0.4, 0.5) is 5.69 Å². The molecule has 1 N–H and O–H groups in total. The second kappa shape index (κ2) is 9.70. The van der Waals surface area contributed by atoms with E-state index in [2.05, 4.69) is 14.9 Å². The van der Waals surface area contributed by atoms with Crippen molar-refractivity contribution < 1.29 is 14.3 Å². The molecule has 2 aromatic carbocycles. The molecule has 31 heavy (non-hydrogen) atoms. The van der Waals surface area contributed by atoms with Gasteiger partial charge >= 0.3 is 0 Å². The van der Waals surface area contributed by atoms with E-state index in [4.69, 9.17) is 4.74 Å². The molecule has 7 nitrogen and oxygen atoms in total. The summed E-state index contributed by atoms with van der Waals surface area (Å²) in [6.07, 6.45) is 4.11. The fraction of sp³-hybridized carbons (Fsp3) is 0.304. The van der Waals surface area contributed by atoms with Crippen LogP contribution in [0.2, 0.25) is 0 Å². The highest BCUT2D eigenvalue weighted by Gasteiger charge is 2.35. The molecule has 0 spiro atoms.